The minimum atomic E-state index is -1.18. The fraction of sp³-hybridized carbons (Fsp3) is 0.300. The molecule has 0 aliphatic carbocycles. The lowest BCUT2D eigenvalue weighted by Gasteiger charge is -2.26. The molecule has 10 heteroatoms. The third kappa shape index (κ3) is 5.79. The highest BCUT2D eigenvalue weighted by molar-refractivity contribution is 5.80. The fourth-order valence-electron chi connectivity index (χ4n) is 2.85. The van der Waals surface area contributed by atoms with E-state index in [0.29, 0.717) is 17.1 Å². The molecule has 2 atom stereocenters. The van der Waals surface area contributed by atoms with Crippen molar-refractivity contribution in [2.75, 3.05) is 13.2 Å². The molecule has 10 nitrogen and oxygen atoms in total. The van der Waals surface area contributed by atoms with Gasteiger partial charge in [-0.15, -0.1) is 0 Å². The van der Waals surface area contributed by atoms with Crippen molar-refractivity contribution in [1.82, 2.24) is 5.32 Å². The number of nitrogens with one attached hydrogen (secondary N) is 1. The number of carboxylic acids is 1. The zero-order valence-corrected chi connectivity index (χ0v) is 15.9. The standard InChI is InChI=1S/C20H20N4O6/c21-24-22-10-15-12-28-18-9-14(6-7-17(18)30-15)8-16(19(25)26)23-20(27)29-11-13-4-2-1-3-5-13/h1-7,9,15-16H,8,10-12H2,(H,23,27)(H,25,26)/t15?,16-/m0/s1. The van der Waals surface area contributed by atoms with E-state index in [1.54, 1.807) is 30.3 Å². The van der Waals surface area contributed by atoms with Crippen molar-refractivity contribution in [3.05, 3.63) is 70.1 Å². The molecule has 2 aromatic carbocycles. The number of ether oxygens (including phenoxy) is 3. The SMILES string of the molecule is [N-]=[N+]=NCC1COc2cc(C[C@H](NC(=O)OCc3ccccc3)C(=O)O)ccc2O1. The number of carbonyl (C=O) groups excluding carboxylic acids is 1. The third-order valence-corrected chi connectivity index (χ3v) is 4.32. The van der Waals surface area contributed by atoms with Crippen molar-refractivity contribution in [1.29, 1.82) is 0 Å². The van der Waals surface area contributed by atoms with Gasteiger partial charge in [0.15, 0.2) is 11.5 Å². The van der Waals surface area contributed by atoms with Gasteiger partial charge in [0, 0.05) is 11.3 Å². The van der Waals surface area contributed by atoms with Crippen LogP contribution in [-0.2, 0) is 22.6 Å². The van der Waals surface area contributed by atoms with Crippen LogP contribution in [0.1, 0.15) is 11.1 Å². The van der Waals surface area contributed by atoms with Crippen molar-refractivity contribution in [3.8, 4) is 11.5 Å². The molecule has 1 unspecified atom stereocenters. The number of alkyl carbamates (subject to hydrolysis) is 1. The number of carbonyl (C=O) groups is 2. The second kappa shape index (κ2) is 10.0. The van der Waals surface area contributed by atoms with Gasteiger partial charge >= 0.3 is 12.1 Å². The molecule has 30 heavy (non-hydrogen) atoms. The lowest BCUT2D eigenvalue weighted by molar-refractivity contribution is -0.139. The summed E-state index contributed by atoms with van der Waals surface area (Å²) in [7, 11) is 0. The van der Waals surface area contributed by atoms with Gasteiger partial charge in [-0.3, -0.25) is 0 Å². The molecule has 1 aliphatic heterocycles. The number of rotatable bonds is 8. The second-order valence-electron chi connectivity index (χ2n) is 6.55. The highest BCUT2D eigenvalue weighted by Crippen LogP contribution is 2.33. The predicted octanol–water partition coefficient (Wildman–Crippen LogP) is 3.06. The predicted molar refractivity (Wildman–Crippen MR) is 105 cm³/mol. The van der Waals surface area contributed by atoms with E-state index < -0.39 is 18.1 Å². The van der Waals surface area contributed by atoms with Crippen molar-refractivity contribution in [2.45, 2.75) is 25.2 Å². The van der Waals surface area contributed by atoms with E-state index in [2.05, 4.69) is 15.3 Å². The maximum Gasteiger partial charge on any atom is 0.408 e. The van der Waals surface area contributed by atoms with Gasteiger partial charge in [-0.2, -0.15) is 0 Å². The number of hydrogen-bond donors (Lipinski definition) is 2. The Morgan fingerprint density at radius 2 is 2.03 bits per heavy atom. The number of aliphatic carboxylic acids is 1. The van der Waals surface area contributed by atoms with Crippen molar-refractivity contribution in [2.24, 2.45) is 5.11 Å². The molecule has 0 bridgehead atoms. The smallest absolute Gasteiger partial charge is 0.408 e. The van der Waals surface area contributed by atoms with E-state index >= 15 is 0 Å². The summed E-state index contributed by atoms with van der Waals surface area (Å²) in [6.07, 6.45) is -1.16. The van der Waals surface area contributed by atoms with Crippen molar-refractivity contribution >= 4 is 12.1 Å². The largest absolute Gasteiger partial charge is 0.486 e. The lowest BCUT2D eigenvalue weighted by atomic mass is 10.1. The summed E-state index contributed by atoms with van der Waals surface area (Å²) in [5, 5.41) is 15.3. The molecule has 1 amide bonds. The summed E-state index contributed by atoms with van der Waals surface area (Å²) in [4.78, 5) is 26.3. The van der Waals surface area contributed by atoms with Crippen LogP contribution in [0.4, 0.5) is 4.79 Å². The van der Waals surface area contributed by atoms with Gasteiger partial charge < -0.3 is 24.6 Å². The van der Waals surface area contributed by atoms with Gasteiger partial charge in [0.1, 0.15) is 25.4 Å². The van der Waals surface area contributed by atoms with Crippen LogP contribution in [0.3, 0.4) is 0 Å². The van der Waals surface area contributed by atoms with Crippen LogP contribution >= 0.6 is 0 Å². The number of amides is 1. The van der Waals surface area contributed by atoms with E-state index in [9.17, 15) is 14.7 Å². The molecule has 0 aromatic heterocycles. The Kier molecular flexibility index (Phi) is 6.96. The van der Waals surface area contributed by atoms with Crippen LogP contribution in [0.5, 0.6) is 11.5 Å². The molecule has 156 valence electrons. The topological polar surface area (TPSA) is 143 Å². The first kappa shape index (κ1) is 20.8. The average molecular weight is 412 g/mol. The normalized spacial score (nSPS) is 15.4. The molecular formula is C20H20N4O6. The summed E-state index contributed by atoms with van der Waals surface area (Å²) in [5.41, 5.74) is 9.82. The number of carboxylic acid groups (broad SMARTS) is 1. The first-order chi connectivity index (χ1) is 14.5. The summed E-state index contributed by atoms with van der Waals surface area (Å²) in [6.45, 7) is 0.399. The van der Waals surface area contributed by atoms with Crippen molar-refractivity contribution in [3.63, 3.8) is 0 Å². The second-order valence-corrected chi connectivity index (χ2v) is 6.55. The molecule has 0 saturated carbocycles. The van der Waals surface area contributed by atoms with Crippen LogP contribution in [0.2, 0.25) is 0 Å². The number of hydrogen-bond acceptors (Lipinski definition) is 6. The summed E-state index contributed by atoms with van der Waals surface area (Å²) in [6, 6.07) is 12.9. The Balaban J connectivity index is 1.58. The van der Waals surface area contributed by atoms with Gasteiger partial charge in [0.25, 0.3) is 0 Å². The molecule has 0 fully saturated rings. The fourth-order valence-corrected chi connectivity index (χ4v) is 2.85. The Hall–Kier alpha value is -3.91. The molecule has 0 radical (unpaired) electrons. The van der Waals surface area contributed by atoms with Gasteiger partial charge in [-0.05, 0) is 28.8 Å². The molecule has 0 saturated heterocycles. The number of fused-ring (bicyclic) bond motifs is 1. The van der Waals surface area contributed by atoms with E-state index in [1.165, 1.54) is 0 Å². The number of benzene rings is 2. The Bertz CT molecular complexity index is 946. The molecular weight excluding hydrogens is 392 g/mol. The Morgan fingerprint density at radius 1 is 1.23 bits per heavy atom. The minimum absolute atomic E-state index is 0.0363. The summed E-state index contributed by atoms with van der Waals surface area (Å²) >= 11 is 0. The average Bonchev–Trinajstić information content (AvgIpc) is 2.76. The Morgan fingerprint density at radius 3 is 2.77 bits per heavy atom. The lowest BCUT2D eigenvalue weighted by Crippen LogP contribution is -2.42. The molecule has 2 N–H and O–H groups in total. The zero-order chi connectivity index (χ0) is 21.3. The maximum absolute atomic E-state index is 12.0. The number of nitrogens with zero attached hydrogens (tertiary/aromatic N) is 3. The first-order valence-electron chi connectivity index (χ1n) is 9.18. The van der Waals surface area contributed by atoms with Crippen LogP contribution in [-0.4, -0.2) is 42.5 Å². The van der Waals surface area contributed by atoms with Crippen molar-refractivity contribution < 1.29 is 28.9 Å². The first-order valence-corrected chi connectivity index (χ1v) is 9.18. The zero-order valence-electron chi connectivity index (χ0n) is 15.9. The molecule has 2 aromatic rings. The van der Waals surface area contributed by atoms with E-state index in [4.69, 9.17) is 19.7 Å². The molecule has 1 heterocycles. The third-order valence-electron chi connectivity index (χ3n) is 4.32. The molecule has 1 aliphatic rings. The van der Waals surface area contributed by atoms with Crippen LogP contribution in [0.25, 0.3) is 10.4 Å². The summed E-state index contributed by atoms with van der Waals surface area (Å²) < 4.78 is 16.4. The number of azide groups is 1. The van der Waals surface area contributed by atoms with Gasteiger partial charge in [0.2, 0.25) is 0 Å². The molecule has 3 rings (SSSR count). The van der Waals surface area contributed by atoms with E-state index in [1.807, 2.05) is 18.2 Å². The molecule has 0 spiro atoms. The summed E-state index contributed by atoms with van der Waals surface area (Å²) in [5.74, 6) is -0.248. The van der Waals surface area contributed by atoms with E-state index in [0.717, 1.165) is 5.56 Å². The van der Waals surface area contributed by atoms with Crippen LogP contribution in [0.15, 0.2) is 53.6 Å². The highest BCUT2D eigenvalue weighted by atomic mass is 16.6. The maximum atomic E-state index is 12.0. The van der Waals surface area contributed by atoms with Gasteiger partial charge in [0.05, 0.1) is 6.54 Å². The van der Waals surface area contributed by atoms with E-state index in [-0.39, 0.29) is 32.3 Å². The highest BCUT2D eigenvalue weighted by Gasteiger charge is 2.24. The Labute approximate surface area is 172 Å². The van der Waals surface area contributed by atoms with Crippen LogP contribution in [0, 0.1) is 0 Å². The quantitative estimate of drug-likeness (QED) is 0.387. The van der Waals surface area contributed by atoms with Crippen LogP contribution < -0.4 is 14.8 Å². The minimum Gasteiger partial charge on any atom is -0.486 e. The monoisotopic (exact) mass is 412 g/mol. The van der Waals surface area contributed by atoms with Gasteiger partial charge in [-0.25, -0.2) is 9.59 Å². The van der Waals surface area contributed by atoms with Gasteiger partial charge in [-0.1, -0.05) is 41.5 Å².